The molecule has 1 aromatic heterocycles. The molecule has 0 aliphatic heterocycles. The van der Waals surface area contributed by atoms with Gasteiger partial charge in [0.15, 0.2) is 5.06 Å². The Balaban J connectivity index is 2.41. The Morgan fingerprint density at radius 2 is 2.15 bits per heavy atom. The highest BCUT2D eigenvalue weighted by Gasteiger charge is 2.20. The van der Waals surface area contributed by atoms with Crippen molar-refractivity contribution in [2.75, 3.05) is 0 Å². The summed E-state index contributed by atoms with van der Waals surface area (Å²) < 4.78 is 6.06. The van der Waals surface area contributed by atoms with Crippen LogP contribution in [0.4, 0.5) is 5.69 Å². The summed E-state index contributed by atoms with van der Waals surface area (Å²) in [6.07, 6.45) is 0. The summed E-state index contributed by atoms with van der Waals surface area (Å²) in [5.74, 6) is -0.955. The quantitative estimate of drug-likeness (QED) is 0.653. The van der Waals surface area contributed by atoms with Crippen molar-refractivity contribution in [3.63, 3.8) is 0 Å². The van der Waals surface area contributed by atoms with Crippen LogP contribution in [-0.2, 0) is 0 Å². The lowest BCUT2D eigenvalue weighted by Crippen LogP contribution is -1.95. The Hall–Kier alpha value is -1.93. The molecule has 0 aliphatic rings. The number of aryl methyl sites for hydroxylation is 1. The van der Waals surface area contributed by atoms with Gasteiger partial charge in [0.1, 0.15) is 4.88 Å². The van der Waals surface area contributed by atoms with Crippen LogP contribution in [0.1, 0.15) is 15.2 Å². The number of hydrogen-bond acceptors (Lipinski definition) is 5. The van der Waals surface area contributed by atoms with Crippen molar-refractivity contribution in [3.05, 3.63) is 49.3 Å². The molecule has 2 rings (SSSR count). The van der Waals surface area contributed by atoms with Crippen molar-refractivity contribution in [3.8, 4) is 10.8 Å². The smallest absolute Gasteiger partial charge is 0.345 e. The first-order chi connectivity index (χ1) is 9.38. The standard InChI is InChI=1S/C12H8BrNO5S/c1-6-4-7(13)5-8(14(17)18)11(6)19-10-3-2-9(20-10)12(15)16/h2-5H,1H3,(H,15,16). The van der Waals surface area contributed by atoms with Crippen LogP contribution in [0.3, 0.4) is 0 Å². The van der Waals surface area contributed by atoms with E-state index in [-0.39, 0.29) is 21.4 Å². The third-order valence-electron chi connectivity index (χ3n) is 2.41. The van der Waals surface area contributed by atoms with Gasteiger partial charge in [-0.2, -0.15) is 0 Å². The van der Waals surface area contributed by atoms with E-state index in [1.54, 1.807) is 13.0 Å². The number of aromatic carboxylic acids is 1. The van der Waals surface area contributed by atoms with E-state index in [0.717, 1.165) is 11.3 Å². The molecule has 0 unspecified atom stereocenters. The lowest BCUT2D eigenvalue weighted by atomic mass is 10.2. The fourth-order valence-corrected chi connectivity index (χ4v) is 2.83. The average molecular weight is 358 g/mol. The van der Waals surface area contributed by atoms with Crippen LogP contribution in [0.15, 0.2) is 28.7 Å². The van der Waals surface area contributed by atoms with Gasteiger partial charge < -0.3 is 9.84 Å². The molecule has 20 heavy (non-hydrogen) atoms. The number of ether oxygens (including phenoxy) is 1. The second kappa shape index (κ2) is 5.59. The highest BCUT2D eigenvalue weighted by molar-refractivity contribution is 9.10. The molecule has 0 saturated carbocycles. The van der Waals surface area contributed by atoms with Gasteiger partial charge in [-0.05, 0) is 25.1 Å². The molecule has 6 nitrogen and oxygen atoms in total. The van der Waals surface area contributed by atoms with Crippen LogP contribution in [0.5, 0.6) is 10.8 Å². The zero-order chi connectivity index (χ0) is 14.9. The molecule has 0 bridgehead atoms. The summed E-state index contributed by atoms with van der Waals surface area (Å²) in [6.45, 7) is 1.68. The largest absolute Gasteiger partial charge is 0.477 e. The molecule has 104 valence electrons. The molecule has 0 atom stereocenters. The van der Waals surface area contributed by atoms with Crippen molar-refractivity contribution in [1.82, 2.24) is 0 Å². The SMILES string of the molecule is Cc1cc(Br)cc([N+](=O)[O-])c1Oc1ccc(C(=O)O)s1. The second-order valence-corrected chi connectivity index (χ2v) is 5.82. The summed E-state index contributed by atoms with van der Waals surface area (Å²) in [6, 6.07) is 5.89. The van der Waals surface area contributed by atoms with Crippen LogP contribution < -0.4 is 4.74 Å². The van der Waals surface area contributed by atoms with Gasteiger partial charge in [0.2, 0.25) is 5.75 Å². The van der Waals surface area contributed by atoms with Crippen molar-refractivity contribution in [1.29, 1.82) is 0 Å². The maximum absolute atomic E-state index is 11.0. The molecule has 0 fully saturated rings. The molecule has 8 heteroatoms. The second-order valence-electron chi connectivity index (χ2n) is 3.85. The third-order valence-corrected chi connectivity index (χ3v) is 3.82. The summed E-state index contributed by atoms with van der Waals surface area (Å²) in [5.41, 5.74) is 0.401. The number of benzene rings is 1. The van der Waals surface area contributed by atoms with E-state index in [9.17, 15) is 14.9 Å². The maximum atomic E-state index is 11.0. The lowest BCUT2D eigenvalue weighted by Gasteiger charge is -2.07. The summed E-state index contributed by atoms with van der Waals surface area (Å²) >= 11 is 4.10. The topological polar surface area (TPSA) is 89.7 Å². The number of rotatable bonds is 4. The van der Waals surface area contributed by atoms with Gasteiger partial charge in [-0.1, -0.05) is 27.3 Å². The van der Waals surface area contributed by atoms with E-state index < -0.39 is 10.9 Å². The van der Waals surface area contributed by atoms with E-state index in [1.165, 1.54) is 18.2 Å². The summed E-state index contributed by atoms with van der Waals surface area (Å²) in [4.78, 5) is 21.4. The van der Waals surface area contributed by atoms with E-state index in [2.05, 4.69) is 15.9 Å². The summed E-state index contributed by atoms with van der Waals surface area (Å²) in [5, 5.41) is 20.2. The van der Waals surface area contributed by atoms with Crippen LogP contribution in [0.2, 0.25) is 0 Å². The van der Waals surface area contributed by atoms with Crippen LogP contribution >= 0.6 is 27.3 Å². The van der Waals surface area contributed by atoms with Gasteiger partial charge in [0, 0.05) is 16.1 Å². The van der Waals surface area contributed by atoms with Gasteiger partial charge in [-0.25, -0.2) is 4.79 Å². The first-order valence-corrected chi connectivity index (χ1v) is 6.95. The average Bonchev–Trinajstić information content (AvgIpc) is 2.80. The molecule has 0 aliphatic carbocycles. The van der Waals surface area contributed by atoms with Crippen LogP contribution in [0, 0.1) is 17.0 Å². The Morgan fingerprint density at radius 3 is 2.70 bits per heavy atom. The molecular weight excluding hydrogens is 350 g/mol. The maximum Gasteiger partial charge on any atom is 0.345 e. The van der Waals surface area contributed by atoms with Crippen molar-refractivity contribution >= 4 is 38.9 Å². The number of nitrogens with zero attached hydrogens (tertiary/aromatic N) is 1. The number of halogens is 1. The zero-order valence-electron chi connectivity index (χ0n) is 10.1. The van der Waals surface area contributed by atoms with Crippen molar-refractivity contribution < 1.29 is 19.6 Å². The minimum absolute atomic E-state index is 0.108. The minimum atomic E-state index is -1.06. The molecule has 0 amide bonds. The van der Waals surface area contributed by atoms with Gasteiger partial charge >= 0.3 is 11.7 Å². The van der Waals surface area contributed by atoms with E-state index >= 15 is 0 Å². The van der Waals surface area contributed by atoms with Crippen molar-refractivity contribution in [2.45, 2.75) is 6.92 Å². The van der Waals surface area contributed by atoms with E-state index in [1.807, 2.05) is 0 Å². The Kier molecular flexibility index (Phi) is 4.05. The Labute approximate surface area is 125 Å². The first kappa shape index (κ1) is 14.5. The van der Waals surface area contributed by atoms with Gasteiger partial charge in [-0.3, -0.25) is 10.1 Å². The lowest BCUT2D eigenvalue weighted by molar-refractivity contribution is -0.385. The Bertz CT molecular complexity index is 697. The van der Waals surface area contributed by atoms with Crippen LogP contribution in [0.25, 0.3) is 0 Å². The zero-order valence-corrected chi connectivity index (χ0v) is 12.5. The molecule has 0 saturated heterocycles. The number of hydrogen-bond donors (Lipinski definition) is 1. The molecule has 1 heterocycles. The highest BCUT2D eigenvalue weighted by Crippen LogP contribution is 2.39. The first-order valence-electron chi connectivity index (χ1n) is 5.34. The summed E-state index contributed by atoms with van der Waals surface area (Å²) in [7, 11) is 0. The fourth-order valence-electron chi connectivity index (χ4n) is 1.57. The monoisotopic (exact) mass is 357 g/mol. The number of nitro groups is 1. The molecule has 1 aromatic carbocycles. The van der Waals surface area contributed by atoms with Gasteiger partial charge in [0.05, 0.1) is 4.92 Å². The molecule has 0 radical (unpaired) electrons. The number of thiophene rings is 1. The van der Waals surface area contributed by atoms with Gasteiger partial charge in [-0.15, -0.1) is 0 Å². The predicted molar refractivity (Wildman–Crippen MR) is 76.9 cm³/mol. The number of carboxylic acid groups (broad SMARTS) is 1. The minimum Gasteiger partial charge on any atom is -0.477 e. The predicted octanol–water partition coefficient (Wildman–Crippen LogP) is 4.22. The molecule has 0 spiro atoms. The van der Waals surface area contributed by atoms with Crippen LogP contribution in [-0.4, -0.2) is 16.0 Å². The van der Waals surface area contributed by atoms with Gasteiger partial charge in [0.25, 0.3) is 0 Å². The normalized spacial score (nSPS) is 10.3. The number of carbonyl (C=O) groups is 1. The van der Waals surface area contributed by atoms with E-state index in [4.69, 9.17) is 9.84 Å². The molecule has 2 aromatic rings. The third kappa shape index (κ3) is 2.97. The number of nitro benzene ring substituents is 1. The number of carboxylic acids is 1. The fraction of sp³-hybridized carbons (Fsp3) is 0.0833. The Morgan fingerprint density at radius 1 is 1.45 bits per heavy atom. The van der Waals surface area contributed by atoms with E-state index in [0.29, 0.717) is 10.0 Å². The highest BCUT2D eigenvalue weighted by atomic mass is 79.9. The molecule has 1 N–H and O–H groups in total. The molecular formula is C12H8BrNO5S. The van der Waals surface area contributed by atoms with Crippen molar-refractivity contribution in [2.24, 2.45) is 0 Å².